The van der Waals surface area contributed by atoms with Gasteiger partial charge in [-0.15, -0.1) is 0 Å². The Bertz CT molecular complexity index is 1470. The topological polar surface area (TPSA) is 52.6 Å². The second kappa shape index (κ2) is 16.7. The molecule has 43 heavy (non-hydrogen) atoms. The average molecular weight is 607 g/mol. The van der Waals surface area contributed by atoms with Crippen LogP contribution in [0, 0.1) is 27.7 Å². The third-order valence-corrected chi connectivity index (χ3v) is 10.3. The summed E-state index contributed by atoms with van der Waals surface area (Å²) in [5, 5.41) is -0.593. The van der Waals surface area contributed by atoms with Crippen LogP contribution in [0.15, 0.2) is 75.8 Å². The van der Waals surface area contributed by atoms with Crippen LogP contribution in [-0.2, 0) is 16.3 Å². The molecule has 0 radical (unpaired) electrons. The first-order valence-corrected chi connectivity index (χ1v) is 16.9. The minimum absolute atomic E-state index is 0.386. The van der Waals surface area contributed by atoms with Crippen LogP contribution in [0.5, 0.6) is 11.5 Å². The third-order valence-electron chi connectivity index (χ3n) is 8.24. The summed E-state index contributed by atoms with van der Waals surface area (Å²) in [4.78, 5) is 0.386. The highest BCUT2D eigenvalue weighted by Gasteiger charge is 2.26. The van der Waals surface area contributed by atoms with Gasteiger partial charge in [0.2, 0.25) is 0 Å². The quantitative estimate of drug-likeness (QED) is 0.189. The standard InChI is InChI=1S/C38H54O4S/c1-26(2)14-12-16-29(5)24-35(43(39,40)34-21-18-28(4)19-22-34)25-30(6)17-13-15-27(3)20-23-36-33(9)37(41-10)31(7)32(8)38(36)42-11/h14,17-22,24,35H,12-13,15-16,23,25H2,1-11H3. The number of rotatable bonds is 15. The molecule has 0 aromatic heterocycles. The Labute approximate surface area is 262 Å². The predicted octanol–water partition coefficient (Wildman–Crippen LogP) is 10.1. The lowest BCUT2D eigenvalue weighted by atomic mass is 9.94. The molecule has 0 N–H and O–H groups in total. The number of aryl methyl sites for hydroxylation is 1. The highest BCUT2D eigenvalue weighted by Crippen LogP contribution is 2.38. The molecular formula is C38H54O4S. The highest BCUT2D eigenvalue weighted by atomic mass is 32.2. The van der Waals surface area contributed by atoms with Crippen LogP contribution in [0.1, 0.15) is 94.5 Å². The molecule has 5 heteroatoms. The molecule has 0 aliphatic rings. The smallest absolute Gasteiger partial charge is 0.185 e. The summed E-state index contributed by atoms with van der Waals surface area (Å²) in [5.41, 5.74) is 10.3. The molecule has 0 heterocycles. The van der Waals surface area contributed by atoms with Crippen molar-refractivity contribution in [3.05, 3.63) is 98.7 Å². The molecule has 1 unspecified atom stereocenters. The van der Waals surface area contributed by atoms with E-state index in [9.17, 15) is 8.42 Å². The zero-order valence-electron chi connectivity index (χ0n) is 28.5. The number of hydrogen-bond acceptors (Lipinski definition) is 4. The Morgan fingerprint density at radius 2 is 1.28 bits per heavy atom. The summed E-state index contributed by atoms with van der Waals surface area (Å²) in [7, 11) is -0.0682. The highest BCUT2D eigenvalue weighted by molar-refractivity contribution is 7.92. The molecule has 0 saturated carbocycles. The normalized spacial score (nSPS) is 13.6. The zero-order valence-corrected chi connectivity index (χ0v) is 29.3. The fourth-order valence-electron chi connectivity index (χ4n) is 5.46. The molecule has 2 aromatic carbocycles. The molecule has 2 rings (SSSR count). The van der Waals surface area contributed by atoms with E-state index in [2.05, 4.69) is 66.7 Å². The molecule has 0 saturated heterocycles. The van der Waals surface area contributed by atoms with E-state index in [-0.39, 0.29) is 0 Å². The fraction of sp³-hybridized carbons (Fsp3) is 0.474. The van der Waals surface area contributed by atoms with E-state index in [1.165, 1.54) is 11.1 Å². The number of allylic oxidation sites excluding steroid dienone is 7. The molecule has 0 fully saturated rings. The second-order valence-electron chi connectivity index (χ2n) is 12.2. The first-order valence-electron chi connectivity index (χ1n) is 15.4. The summed E-state index contributed by atoms with van der Waals surface area (Å²) in [6, 6.07) is 7.22. The van der Waals surface area contributed by atoms with Gasteiger partial charge in [-0.1, -0.05) is 64.3 Å². The van der Waals surface area contributed by atoms with Crippen molar-refractivity contribution in [1.82, 2.24) is 0 Å². The Morgan fingerprint density at radius 3 is 1.86 bits per heavy atom. The number of sulfone groups is 1. The van der Waals surface area contributed by atoms with Crippen molar-refractivity contribution in [3.63, 3.8) is 0 Å². The number of ether oxygens (including phenoxy) is 2. The maximum Gasteiger partial charge on any atom is 0.185 e. The minimum Gasteiger partial charge on any atom is -0.496 e. The van der Waals surface area contributed by atoms with Crippen LogP contribution in [-0.4, -0.2) is 27.9 Å². The fourth-order valence-corrected chi connectivity index (χ4v) is 7.22. The molecule has 2 aromatic rings. The summed E-state index contributed by atoms with van der Waals surface area (Å²) >= 11 is 0. The lowest BCUT2D eigenvalue weighted by Crippen LogP contribution is -2.20. The van der Waals surface area contributed by atoms with Crippen LogP contribution < -0.4 is 9.47 Å². The third kappa shape index (κ3) is 10.3. The number of benzene rings is 2. The Kier molecular flexibility index (Phi) is 14.0. The molecule has 0 bridgehead atoms. The maximum absolute atomic E-state index is 13.8. The number of methoxy groups -OCH3 is 2. The molecule has 0 amide bonds. The maximum atomic E-state index is 13.8. The van der Waals surface area contributed by atoms with E-state index in [1.54, 1.807) is 26.4 Å². The van der Waals surface area contributed by atoms with Gasteiger partial charge in [0.15, 0.2) is 9.84 Å². The average Bonchev–Trinajstić information content (AvgIpc) is 2.94. The van der Waals surface area contributed by atoms with Crippen molar-refractivity contribution >= 4 is 9.84 Å². The lowest BCUT2D eigenvalue weighted by Gasteiger charge is -2.20. The summed E-state index contributed by atoms with van der Waals surface area (Å²) in [6.07, 6.45) is 13.5. The molecule has 0 aliphatic heterocycles. The van der Waals surface area contributed by atoms with Gasteiger partial charge in [0.1, 0.15) is 11.5 Å². The predicted molar refractivity (Wildman–Crippen MR) is 183 cm³/mol. The van der Waals surface area contributed by atoms with Crippen molar-refractivity contribution in [3.8, 4) is 11.5 Å². The van der Waals surface area contributed by atoms with Crippen molar-refractivity contribution < 1.29 is 17.9 Å². The van der Waals surface area contributed by atoms with E-state index in [0.717, 1.165) is 82.6 Å². The van der Waals surface area contributed by atoms with Crippen LogP contribution in [0.3, 0.4) is 0 Å². The van der Waals surface area contributed by atoms with Crippen LogP contribution in [0.25, 0.3) is 0 Å². The Hall–Kier alpha value is -3.05. The monoisotopic (exact) mass is 606 g/mol. The molecule has 1 atom stereocenters. The SMILES string of the molecule is COc1c(C)c(C)c(OC)c(CC=C(C)CCC=C(C)CC(C=C(C)CCC=C(C)C)S(=O)(=O)c2ccc(C)cc2)c1C. The van der Waals surface area contributed by atoms with Gasteiger partial charge in [0.05, 0.1) is 24.4 Å². The van der Waals surface area contributed by atoms with Crippen LogP contribution in [0.4, 0.5) is 0 Å². The summed E-state index contributed by atoms with van der Waals surface area (Å²) in [6.45, 7) is 18.7. The first-order chi connectivity index (χ1) is 20.2. The Balaban J connectivity index is 2.21. The van der Waals surface area contributed by atoms with Gasteiger partial charge in [-0.25, -0.2) is 8.42 Å². The van der Waals surface area contributed by atoms with E-state index in [0.29, 0.717) is 11.3 Å². The number of hydrogen-bond donors (Lipinski definition) is 0. The Morgan fingerprint density at radius 1 is 0.721 bits per heavy atom. The van der Waals surface area contributed by atoms with Gasteiger partial charge in [0, 0.05) is 5.56 Å². The second-order valence-corrected chi connectivity index (χ2v) is 14.4. The van der Waals surface area contributed by atoms with Crippen LogP contribution >= 0.6 is 0 Å². The zero-order chi connectivity index (χ0) is 32.3. The van der Waals surface area contributed by atoms with Gasteiger partial charge in [-0.05, 0) is 130 Å². The summed E-state index contributed by atoms with van der Waals surface area (Å²) in [5.74, 6) is 1.86. The minimum atomic E-state index is -3.52. The van der Waals surface area contributed by atoms with Crippen molar-refractivity contribution in [2.45, 2.75) is 111 Å². The van der Waals surface area contributed by atoms with Gasteiger partial charge >= 0.3 is 0 Å². The molecule has 236 valence electrons. The first kappa shape index (κ1) is 36.1. The van der Waals surface area contributed by atoms with Gasteiger partial charge in [0.25, 0.3) is 0 Å². The van der Waals surface area contributed by atoms with Crippen molar-refractivity contribution in [1.29, 1.82) is 0 Å². The molecule has 0 spiro atoms. The van der Waals surface area contributed by atoms with Crippen LogP contribution in [0.2, 0.25) is 0 Å². The van der Waals surface area contributed by atoms with Crippen molar-refractivity contribution in [2.24, 2.45) is 0 Å². The van der Waals surface area contributed by atoms with Gasteiger partial charge in [-0.2, -0.15) is 0 Å². The van der Waals surface area contributed by atoms with E-state index in [1.807, 2.05) is 32.1 Å². The largest absolute Gasteiger partial charge is 0.496 e. The summed E-state index contributed by atoms with van der Waals surface area (Å²) < 4.78 is 39.0. The molecule has 4 nitrogen and oxygen atoms in total. The van der Waals surface area contributed by atoms with Gasteiger partial charge in [-0.3, -0.25) is 0 Å². The van der Waals surface area contributed by atoms with Gasteiger partial charge < -0.3 is 9.47 Å². The van der Waals surface area contributed by atoms with E-state index < -0.39 is 15.1 Å². The van der Waals surface area contributed by atoms with E-state index >= 15 is 0 Å². The van der Waals surface area contributed by atoms with Crippen molar-refractivity contribution in [2.75, 3.05) is 14.2 Å². The lowest BCUT2D eigenvalue weighted by molar-refractivity contribution is 0.391. The molecular weight excluding hydrogens is 552 g/mol. The molecule has 0 aliphatic carbocycles. The van der Waals surface area contributed by atoms with E-state index in [4.69, 9.17) is 9.47 Å².